The van der Waals surface area contributed by atoms with Gasteiger partial charge < -0.3 is 4.74 Å². The lowest BCUT2D eigenvalue weighted by molar-refractivity contribution is 0.316. The van der Waals surface area contributed by atoms with Gasteiger partial charge in [-0.05, 0) is 36.6 Å². The van der Waals surface area contributed by atoms with E-state index in [1.807, 2.05) is 30.3 Å². The number of nitrogens with one attached hydrogen (secondary N) is 1. The van der Waals surface area contributed by atoms with Crippen molar-refractivity contribution in [2.75, 3.05) is 6.61 Å². The summed E-state index contributed by atoms with van der Waals surface area (Å²) in [4.78, 5) is 0. The highest BCUT2D eigenvalue weighted by Crippen LogP contribution is 2.31. The van der Waals surface area contributed by atoms with Crippen molar-refractivity contribution < 1.29 is 13.2 Å². The molecule has 2 aromatic carbocycles. The molecule has 1 aliphatic heterocycles. The SMILES string of the molecule is N#Cc1cccc(CS(=O)(=O)N[C@H]2CCCOc3ccccc32)c1. The molecule has 1 aliphatic rings. The van der Waals surface area contributed by atoms with Gasteiger partial charge in [-0.2, -0.15) is 5.26 Å². The van der Waals surface area contributed by atoms with E-state index in [2.05, 4.69) is 4.72 Å². The topological polar surface area (TPSA) is 79.2 Å². The summed E-state index contributed by atoms with van der Waals surface area (Å²) in [6, 6.07) is 15.9. The molecular formula is C18H18N2O3S. The van der Waals surface area contributed by atoms with E-state index in [0.29, 0.717) is 24.2 Å². The summed E-state index contributed by atoms with van der Waals surface area (Å²) < 4.78 is 33.6. The van der Waals surface area contributed by atoms with Crippen LogP contribution < -0.4 is 9.46 Å². The van der Waals surface area contributed by atoms with Crippen molar-refractivity contribution in [3.05, 3.63) is 65.2 Å². The number of benzene rings is 2. The molecule has 0 saturated heterocycles. The van der Waals surface area contributed by atoms with Crippen molar-refractivity contribution in [3.8, 4) is 11.8 Å². The fraction of sp³-hybridized carbons (Fsp3) is 0.278. The molecule has 0 saturated carbocycles. The molecule has 0 bridgehead atoms. The fourth-order valence-corrected chi connectivity index (χ4v) is 4.24. The fourth-order valence-electron chi connectivity index (χ4n) is 2.86. The Bertz CT molecular complexity index is 872. The minimum atomic E-state index is -3.53. The first kappa shape index (κ1) is 16.5. The second kappa shape index (κ2) is 7.04. The maximum atomic E-state index is 12.6. The van der Waals surface area contributed by atoms with Crippen molar-refractivity contribution in [2.45, 2.75) is 24.6 Å². The number of nitrogens with zero attached hydrogens (tertiary/aromatic N) is 1. The molecule has 1 N–H and O–H groups in total. The van der Waals surface area contributed by atoms with Crippen LogP contribution in [0.2, 0.25) is 0 Å². The summed E-state index contributed by atoms with van der Waals surface area (Å²) in [5, 5.41) is 8.93. The van der Waals surface area contributed by atoms with Crippen molar-refractivity contribution in [1.29, 1.82) is 5.26 Å². The number of hydrogen-bond donors (Lipinski definition) is 1. The summed E-state index contributed by atoms with van der Waals surface area (Å²) in [5.41, 5.74) is 1.92. The van der Waals surface area contributed by atoms with Crippen molar-refractivity contribution in [1.82, 2.24) is 4.72 Å². The van der Waals surface area contributed by atoms with E-state index in [0.717, 1.165) is 17.7 Å². The molecule has 2 aromatic rings. The summed E-state index contributed by atoms with van der Waals surface area (Å²) in [7, 11) is -3.53. The van der Waals surface area contributed by atoms with Gasteiger partial charge in [0, 0.05) is 5.56 Å². The zero-order valence-electron chi connectivity index (χ0n) is 13.1. The van der Waals surface area contributed by atoms with Crippen molar-refractivity contribution in [2.24, 2.45) is 0 Å². The summed E-state index contributed by atoms with van der Waals surface area (Å²) in [6.07, 6.45) is 1.47. The number of hydrogen-bond acceptors (Lipinski definition) is 4. The summed E-state index contributed by atoms with van der Waals surface area (Å²) in [6.45, 7) is 0.583. The van der Waals surface area contributed by atoms with Crippen LogP contribution >= 0.6 is 0 Å². The van der Waals surface area contributed by atoms with Crippen LogP contribution in [0.1, 0.15) is 35.6 Å². The molecular weight excluding hydrogens is 324 g/mol. The third-order valence-corrected chi connectivity index (χ3v) is 5.28. The van der Waals surface area contributed by atoms with Gasteiger partial charge in [0.25, 0.3) is 0 Å². The van der Waals surface area contributed by atoms with Gasteiger partial charge in [0.15, 0.2) is 0 Å². The van der Waals surface area contributed by atoms with E-state index in [9.17, 15) is 8.42 Å². The number of ether oxygens (including phenoxy) is 1. The Morgan fingerprint density at radius 3 is 2.88 bits per heavy atom. The highest BCUT2D eigenvalue weighted by atomic mass is 32.2. The Kier molecular flexibility index (Phi) is 4.84. The highest BCUT2D eigenvalue weighted by Gasteiger charge is 2.24. The molecule has 0 aliphatic carbocycles. The van der Waals surface area contributed by atoms with Gasteiger partial charge in [-0.3, -0.25) is 0 Å². The first-order chi connectivity index (χ1) is 11.6. The third-order valence-electron chi connectivity index (χ3n) is 3.92. The number of sulfonamides is 1. The van der Waals surface area contributed by atoms with E-state index < -0.39 is 10.0 Å². The smallest absolute Gasteiger partial charge is 0.216 e. The second-order valence-corrected chi connectivity index (χ2v) is 7.52. The Hall–Kier alpha value is -2.36. The zero-order chi connectivity index (χ0) is 17.0. The molecule has 124 valence electrons. The molecule has 0 spiro atoms. The van der Waals surface area contributed by atoms with Crippen LogP contribution in [0.3, 0.4) is 0 Å². The molecule has 0 amide bonds. The van der Waals surface area contributed by atoms with Crippen LogP contribution in [0.15, 0.2) is 48.5 Å². The van der Waals surface area contributed by atoms with Crippen LogP contribution in [-0.2, 0) is 15.8 Å². The van der Waals surface area contributed by atoms with Gasteiger partial charge >= 0.3 is 0 Å². The molecule has 0 radical (unpaired) electrons. The van der Waals surface area contributed by atoms with Gasteiger partial charge in [0.05, 0.1) is 30.0 Å². The first-order valence-electron chi connectivity index (χ1n) is 7.78. The highest BCUT2D eigenvalue weighted by molar-refractivity contribution is 7.88. The van der Waals surface area contributed by atoms with E-state index in [1.54, 1.807) is 24.3 Å². The van der Waals surface area contributed by atoms with Gasteiger partial charge in [-0.15, -0.1) is 0 Å². The first-order valence-corrected chi connectivity index (χ1v) is 9.43. The van der Waals surface area contributed by atoms with Crippen LogP contribution in [0.5, 0.6) is 5.75 Å². The number of fused-ring (bicyclic) bond motifs is 1. The monoisotopic (exact) mass is 342 g/mol. The third kappa shape index (κ3) is 3.94. The van der Waals surface area contributed by atoms with E-state index in [4.69, 9.17) is 10.00 Å². The molecule has 1 heterocycles. The predicted octanol–water partition coefficient (Wildman–Crippen LogP) is 2.89. The minimum absolute atomic E-state index is 0.151. The Morgan fingerprint density at radius 1 is 1.21 bits per heavy atom. The average molecular weight is 342 g/mol. The Balaban J connectivity index is 1.80. The molecule has 0 fully saturated rings. The van der Waals surface area contributed by atoms with Gasteiger partial charge in [0.1, 0.15) is 5.75 Å². The minimum Gasteiger partial charge on any atom is -0.493 e. The molecule has 24 heavy (non-hydrogen) atoms. The zero-order valence-corrected chi connectivity index (χ0v) is 13.9. The number of rotatable bonds is 4. The van der Waals surface area contributed by atoms with Crippen molar-refractivity contribution >= 4 is 10.0 Å². The van der Waals surface area contributed by atoms with Crippen LogP contribution in [0.25, 0.3) is 0 Å². The quantitative estimate of drug-likeness (QED) is 0.926. The summed E-state index contributed by atoms with van der Waals surface area (Å²) in [5.74, 6) is 0.580. The average Bonchev–Trinajstić information content (AvgIpc) is 2.77. The van der Waals surface area contributed by atoms with E-state index in [1.165, 1.54) is 0 Å². The molecule has 0 aromatic heterocycles. The van der Waals surface area contributed by atoms with Crippen LogP contribution in [0, 0.1) is 11.3 Å². The molecule has 1 atom stereocenters. The van der Waals surface area contributed by atoms with E-state index in [-0.39, 0.29) is 11.8 Å². The maximum Gasteiger partial charge on any atom is 0.216 e. The lowest BCUT2D eigenvalue weighted by Crippen LogP contribution is -2.29. The molecule has 3 rings (SSSR count). The van der Waals surface area contributed by atoms with Gasteiger partial charge in [-0.25, -0.2) is 13.1 Å². The molecule has 0 unspecified atom stereocenters. The molecule has 5 nitrogen and oxygen atoms in total. The second-order valence-electron chi connectivity index (χ2n) is 5.77. The normalized spacial score (nSPS) is 17.2. The largest absolute Gasteiger partial charge is 0.493 e. The lowest BCUT2D eigenvalue weighted by Gasteiger charge is -2.18. The van der Waals surface area contributed by atoms with Gasteiger partial charge in [-0.1, -0.05) is 30.3 Å². The number of para-hydroxylation sites is 1. The summed E-state index contributed by atoms with van der Waals surface area (Å²) >= 11 is 0. The number of nitriles is 1. The molecule has 6 heteroatoms. The lowest BCUT2D eigenvalue weighted by atomic mass is 10.0. The Labute approximate surface area is 141 Å². The van der Waals surface area contributed by atoms with Crippen LogP contribution in [-0.4, -0.2) is 15.0 Å². The maximum absolute atomic E-state index is 12.6. The van der Waals surface area contributed by atoms with Gasteiger partial charge in [0.2, 0.25) is 10.0 Å². The standard InChI is InChI=1S/C18H18N2O3S/c19-12-14-5-3-6-15(11-14)13-24(21,22)20-17-8-4-10-23-18-9-2-1-7-16(17)18/h1-3,5-7,9,11,17,20H,4,8,10,13H2/t17-/m0/s1. The predicted molar refractivity (Wildman–Crippen MR) is 90.8 cm³/mol. The van der Waals surface area contributed by atoms with E-state index >= 15 is 0 Å². The van der Waals surface area contributed by atoms with Crippen LogP contribution in [0.4, 0.5) is 0 Å². The van der Waals surface area contributed by atoms with Crippen molar-refractivity contribution in [3.63, 3.8) is 0 Å². The Morgan fingerprint density at radius 2 is 2.04 bits per heavy atom.